The van der Waals surface area contributed by atoms with Crippen LogP contribution in [-0.2, 0) is 0 Å². The summed E-state index contributed by atoms with van der Waals surface area (Å²) in [5, 5.41) is 12.2. The van der Waals surface area contributed by atoms with Gasteiger partial charge in [-0.05, 0) is 19.1 Å². The van der Waals surface area contributed by atoms with E-state index in [1.54, 1.807) is 0 Å². The highest BCUT2D eigenvalue weighted by molar-refractivity contribution is 6.14. The summed E-state index contributed by atoms with van der Waals surface area (Å²) in [5.74, 6) is -1.55. The average Bonchev–Trinajstić information content (AvgIpc) is 2.71. The van der Waals surface area contributed by atoms with E-state index < -0.39 is 11.8 Å². The van der Waals surface area contributed by atoms with Gasteiger partial charge in [0.15, 0.2) is 5.78 Å². The van der Waals surface area contributed by atoms with E-state index in [2.05, 4.69) is 10.1 Å². The van der Waals surface area contributed by atoms with Gasteiger partial charge in [0, 0.05) is 18.0 Å². The van der Waals surface area contributed by atoms with Gasteiger partial charge in [-0.1, -0.05) is 5.16 Å². The maximum Gasteiger partial charge on any atom is 0.358 e. The molecule has 6 heteroatoms. The van der Waals surface area contributed by atoms with Gasteiger partial charge in [-0.15, -0.1) is 0 Å². The highest BCUT2D eigenvalue weighted by atomic mass is 16.5. The molecule has 17 heavy (non-hydrogen) atoms. The quantitative estimate of drug-likeness (QED) is 0.802. The third kappa shape index (κ3) is 1.92. The Balaban J connectivity index is 2.51. The SMILES string of the molecule is Cc1onc(C(=O)O)c1C(=O)c1ccncc1. The summed E-state index contributed by atoms with van der Waals surface area (Å²) in [7, 11) is 0. The van der Waals surface area contributed by atoms with E-state index in [4.69, 9.17) is 9.63 Å². The first-order chi connectivity index (χ1) is 8.11. The molecule has 0 saturated heterocycles. The minimum Gasteiger partial charge on any atom is -0.476 e. The number of aromatic carboxylic acids is 1. The molecular formula is C11H8N2O4. The molecule has 2 aromatic heterocycles. The van der Waals surface area contributed by atoms with Crippen LogP contribution in [0.1, 0.15) is 32.2 Å². The number of carbonyl (C=O) groups excluding carboxylic acids is 1. The van der Waals surface area contributed by atoms with Gasteiger partial charge in [-0.2, -0.15) is 0 Å². The first kappa shape index (κ1) is 11.0. The van der Waals surface area contributed by atoms with Gasteiger partial charge < -0.3 is 9.63 Å². The van der Waals surface area contributed by atoms with E-state index in [0.29, 0.717) is 5.56 Å². The molecule has 0 aliphatic carbocycles. The largest absolute Gasteiger partial charge is 0.476 e. The molecule has 2 aromatic rings. The van der Waals surface area contributed by atoms with Crippen LogP contribution in [0.15, 0.2) is 29.0 Å². The second kappa shape index (κ2) is 4.17. The predicted molar refractivity (Wildman–Crippen MR) is 55.9 cm³/mol. The Morgan fingerprint density at radius 1 is 1.29 bits per heavy atom. The van der Waals surface area contributed by atoms with Gasteiger partial charge in [0.1, 0.15) is 5.76 Å². The second-order valence-corrected chi connectivity index (χ2v) is 3.33. The zero-order valence-electron chi connectivity index (χ0n) is 8.88. The number of rotatable bonds is 3. The number of aromatic nitrogens is 2. The van der Waals surface area contributed by atoms with Gasteiger partial charge in [-0.25, -0.2) is 4.79 Å². The summed E-state index contributed by atoms with van der Waals surface area (Å²) in [6, 6.07) is 3.00. The number of aryl methyl sites for hydroxylation is 1. The van der Waals surface area contributed by atoms with Crippen molar-refractivity contribution in [2.24, 2.45) is 0 Å². The third-order valence-electron chi connectivity index (χ3n) is 2.23. The summed E-state index contributed by atoms with van der Waals surface area (Å²) in [6.07, 6.45) is 2.91. The van der Waals surface area contributed by atoms with Gasteiger partial charge >= 0.3 is 5.97 Å². The Morgan fingerprint density at radius 2 is 1.94 bits per heavy atom. The van der Waals surface area contributed by atoms with E-state index in [1.165, 1.54) is 31.5 Å². The lowest BCUT2D eigenvalue weighted by atomic mass is 10.0. The number of ketones is 1. The van der Waals surface area contributed by atoms with E-state index in [1.807, 2.05) is 0 Å². The first-order valence-corrected chi connectivity index (χ1v) is 4.75. The lowest BCUT2D eigenvalue weighted by molar-refractivity contribution is 0.0682. The molecule has 2 rings (SSSR count). The van der Waals surface area contributed by atoms with Crippen LogP contribution in [0.4, 0.5) is 0 Å². The van der Waals surface area contributed by atoms with Crippen LogP contribution in [-0.4, -0.2) is 27.0 Å². The molecule has 0 aliphatic rings. The van der Waals surface area contributed by atoms with Crippen molar-refractivity contribution < 1.29 is 19.2 Å². The monoisotopic (exact) mass is 232 g/mol. The smallest absolute Gasteiger partial charge is 0.358 e. The fourth-order valence-electron chi connectivity index (χ4n) is 1.43. The lowest BCUT2D eigenvalue weighted by Gasteiger charge is -1.98. The van der Waals surface area contributed by atoms with Gasteiger partial charge in [0.25, 0.3) is 0 Å². The highest BCUT2D eigenvalue weighted by Crippen LogP contribution is 2.17. The topological polar surface area (TPSA) is 93.3 Å². The first-order valence-electron chi connectivity index (χ1n) is 4.75. The molecule has 0 spiro atoms. The van der Waals surface area contributed by atoms with Crippen molar-refractivity contribution >= 4 is 11.8 Å². The predicted octanol–water partition coefficient (Wildman–Crippen LogP) is 1.31. The van der Waals surface area contributed by atoms with E-state index >= 15 is 0 Å². The average molecular weight is 232 g/mol. The van der Waals surface area contributed by atoms with Crippen molar-refractivity contribution in [3.05, 3.63) is 47.1 Å². The van der Waals surface area contributed by atoms with Crippen LogP contribution in [0.5, 0.6) is 0 Å². The third-order valence-corrected chi connectivity index (χ3v) is 2.23. The summed E-state index contributed by atoms with van der Waals surface area (Å²) in [6.45, 7) is 1.49. The summed E-state index contributed by atoms with van der Waals surface area (Å²) < 4.78 is 4.73. The van der Waals surface area contributed by atoms with Crippen LogP contribution in [0.3, 0.4) is 0 Å². The molecule has 0 amide bonds. The number of pyridine rings is 1. The van der Waals surface area contributed by atoms with E-state index in [0.717, 1.165) is 0 Å². The van der Waals surface area contributed by atoms with Crippen molar-refractivity contribution in [3.63, 3.8) is 0 Å². The van der Waals surface area contributed by atoms with E-state index in [9.17, 15) is 9.59 Å². The van der Waals surface area contributed by atoms with Crippen molar-refractivity contribution in [1.29, 1.82) is 0 Å². The number of hydrogen-bond donors (Lipinski definition) is 1. The summed E-state index contributed by atoms with van der Waals surface area (Å²) >= 11 is 0. The number of hydrogen-bond acceptors (Lipinski definition) is 5. The Labute approximate surface area is 95.9 Å². The van der Waals surface area contributed by atoms with Crippen LogP contribution in [0.25, 0.3) is 0 Å². The molecule has 0 fully saturated rings. The maximum absolute atomic E-state index is 12.1. The van der Waals surface area contributed by atoms with E-state index in [-0.39, 0.29) is 17.0 Å². The van der Waals surface area contributed by atoms with Gasteiger partial charge in [-0.3, -0.25) is 9.78 Å². The van der Waals surface area contributed by atoms with Crippen LogP contribution < -0.4 is 0 Å². The molecule has 86 valence electrons. The summed E-state index contributed by atoms with van der Waals surface area (Å²) in [5.41, 5.74) is -0.0539. The Morgan fingerprint density at radius 3 is 2.53 bits per heavy atom. The molecule has 1 N–H and O–H groups in total. The fourth-order valence-corrected chi connectivity index (χ4v) is 1.43. The number of carboxylic acid groups (broad SMARTS) is 1. The number of carbonyl (C=O) groups is 2. The normalized spacial score (nSPS) is 10.2. The van der Waals surface area contributed by atoms with Crippen molar-refractivity contribution in [2.75, 3.05) is 0 Å². The lowest BCUT2D eigenvalue weighted by Crippen LogP contribution is -2.09. The number of nitrogens with zero attached hydrogens (tertiary/aromatic N) is 2. The molecule has 0 saturated carbocycles. The van der Waals surface area contributed by atoms with Crippen LogP contribution in [0, 0.1) is 6.92 Å². The van der Waals surface area contributed by atoms with Gasteiger partial charge in [0.2, 0.25) is 5.69 Å². The molecule has 0 unspecified atom stereocenters. The molecular weight excluding hydrogens is 224 g/mol. The summed E-state index contributed by atoms with van der Waals surface area (Å²) in [4.78, 5) is 26.7. The standard InChI is InChI=1S/C11H8N2O4/c1-6-8(9(11(15)16)13-17-6)10(14)7-2-4-12-5-3-7/h2-5H,1H3,(H,15,16). The zero-order valence-corrected chi connectivity index (χ0v) is 8.88. The van der Waals surface area contributed by atoms with Crippen molar-refractivity contribution in [2.45, 2.75) is 6.92 Å². The van der Waals surface area contributed by atoms with Crippen molar-refractivity contribution in [1.82, 2.24) is 10.1 Å². The molecule has 0 radical (unpaired) electrons. The molecule has 0 aliphatic heterocycles. The highest BCUT2D eigenvalue weighted by Gasteiger charge is 2.25. The number of carboxylic acids is 1. The molecule has 6 nitrogen and oxygen atoms in total. The minimum absolute atomic E-state index is 0.0244. The molecule has 2 heterocycles. The van der Waals surface area contributed by atoms with Gasteiger partial charge in [0.05, 0.1) is 5.56 Å². The molecule has 0 atom stereocenters. The second-order valence-electron chi connectivity index (χ2n) is 3.33. The Hall–Kier alpha value is -2.50. The van der Waals surface area contributed by atoms with Crippen LogP contribution in [0.2, 0.25) is 0 Å². The van der Waals surface area contributed by atoms with Crippen molar-refractivity contribution in [3.8, 4) is 0 Å². The molecule has 0 aromatic carbocycles. The zero-order chi connectivity index (χ0) is 12.4. The fraction of sp³-hybridized carbons (Fsp3) is 0.0909. The van der Waals surface area contributed by atoms with Crippen LogP contribution >= 0.6 is 0 Å². The maximum atomic E-state index is 12.1. The molecule has 0 bridgehead atoms. The Kier molecular flexibility index (Phi) is 2.70. The Bertz CT molecular complexity index is 574. The minimum atomic E-state index is -1.29.